The molecule has 1 aromatic heterocycles. The van der Waals surface area contributed by atoms with Gasteiger partial charge < -0.3 is 25.2 Å². The smallest absolute Gasteiger partial charge is 0.357 e. The summed E-state index contributed by atoms with van der Waals surface area (Å²) in [6.07, 6.45) is 1.55. The molecule has 2 aromatic carbocycles. The number of likely N-dealkylation sites (tertiary alicyclic amines) is 1. The van der Waals surface area contributed by atoms with Crippen LogP contribution >= 0.6 is 11.3 Å². The molecule has 0 saturated carbocycles. The molecular formula is C29H36N5O6S+. The zero-order chi connectivity index (χ0) is 29.6. The zero-order valence-electron chi connectivity index (χ0n) is 23.2. The molecule has 0 bridgehead atoms. The third kappa shape index (κ3) is 7.81. The van der Waals surface area contributed by atoms with E-state index in [0.29, 0.717) is 24.0 Å². The topological polar surface area (TPSA) is 155 Å². The van der Waals surface area contributed by atoms with Crippen molar-refractivity contribution in [3.05, 3.63) is 70.7 Å². The second-order valence-corrected chi connectivity index (χ2v) is 11.4. The summed E-state index contributed by atoms with van der Waals surface area (Å²) in [5.74, 6) is -0.843. The molecule has 11 nitrogen and oxygen atoms in total. The van der Waals surface area contributed by atoms with Gasteiger partial charge in [-0.2, -0.15) is 0 Å². The highest BCUT2D eigenvalue weighted by atomic mass is 32.1. The number of carbonyl (C=O) groups is 3. The van der Waals surface area contributed by atoms with Crippen LogP contribution in [0.3, 0.4) is 0 Å². The number of imide groups is 1. The molecule has 1 saturated heterocycles. The van der Waals surface area contributed by atoms with Crippen LogP contribution in [0, 0.1) is 0 Å². The van der Waals surface area contributed by atoms with E-state index in [1.54, 1.807) is 37.3 Å². The predicted octanol–water partition coefficient (Wildman–Crippen LogP) is 3.47. The van der Waals surface area contributed by atoms with Gasteiger partial charge in [0.15, 0.2) is 10.8 Å². The standard InChI is InChI=1S/C29H35N5O6S/c1-3-40-27(38)25-18-41-28(31-25)32-29(39)33(26(37)24(30)15-19-9-11-22(35)12-10-19)21-7-5-13-34(2,17-21)16-20-6-4-8-23(36)14-20/h4,6,8-12,14,18,21,24H,3,5,7,13,15-17,30H2,1-2H3,(H2-,31,32,35,36,39)/p+1/t21-,24-,34?/m0/s1. The number of phenolic OH excluding ortho intramolecular Hbond substituents is 2. The van der Waals surface area contributed by atoms with E-state index in [-0.39, 0.29) is 35.4 Å². The monoisotopic (exact) mass is 582 g/mol. The number of esters is 1. The average molecular weight is 583 g/mol. The van der Waals surface area contributed by atoms with Gasteiger partial charge in [0.05, 0.1) is 32.3 Å². The number of hydrogen-bond donors (Lipinski definition) is 4. The number of ether oxygens (including phenoxy) is 1. The molecular weight excluding hydrogens is 546 g/mol. The molecule has 0 spiro atoms. The second-order valence-electron chi connectivity index (χ2n) is 10.5. The van der Waals surface area contributed by atoms with Gasteiger partial charge in [0.2, 0.25) is 5.91 Å². The summed E-state index contributed by atoms with van der Waals surface area (Å²) in [4.78, 5) is 44.9. The summed E-state index contributed by atoms with van der Waals surface area (Å²) in [6.45, 7) is 3.83. The average Bonchev–Trinajstić information content (AvgIpc) is 3.38. The minimum Gasteiger partial charge on any atom is -0.508 e. The largest absolute Gasteiger partial charge is 0.508 e. The fraction of sp³-hybridized carbons (Fsp3) is 0.379. The van der Waals surface area contributed by atoms with Crippen LogP contribution in [0.15, 0.2) is 53.9 Å². The lowest BCUT2D eigenvalue weighted by Crippen LogP contribution is -2.62. The summed E-state index contributed by atoms with van der Waals surface area (Å²) >= 11 is 1.06. The van der Waals surface area contributed by atoms with Gasteiger partial charge >= 0.3 is 12.0 Å². The number of nitrogens with two attached hydrogens (primary N) is 1. The van der Waals surface area contributed by atoms with E-state index < -0.39 is 30.0 Å². The quantitative estimate of drug-likeness (QED) is 0.221. The Morgan fingerprint density at radius 3 is 2.63 bits per heavy atom. The number of aromatic nitrogens is 1. The van der Waals surface area contributed by atoms with Crippen molar-refractivity contribution in [2.75, 3.05) is 32.1 Å². The number of urea groups is 1. The summed E-state index contributed by atoms with van der Waals surface area (Å²) in [5.41, 5.74) is 8.14. The third-order valence-corrected chi connectivity index (χ3v) is 7.85. The Hall–Kier alpha value is -4.00. The first kappa shape index (κ1) is 30.0. The molecule has 218 valence electrons. The first-order valence-electron chi connectivity index (χ1n) is 13.5. The first-order chi connectivity index (χ1) is 19.6. The molecule has 3 atom stereocenters. The number of aromatic hydroxyl groups is 2. The highest BCUT2D eigenvalue weighted by Crippen LogP contribution is 2.27. The first-order valence-corrected chi connectivity index (χ1v) is 14.4. The van der Waals surface area contributed by atoms with Crippen LogP contribution in [0.5, 0.6) is 11.5 Å². The van der Waals surface area contributed by atoms with Crippen molar-refractivity contribution in [1.82, 2.24) is 9.88 Å². The second kappa shape index (κ2) is 13.1. The van der Waals surface area contributed by atoms with Crippen molar-refractivity contribution in [3.8, 4) is 11.5 Å². The number of piperidine rings is 1. The summed E-state index contributed by atoms with van der Waals surface area (Å²) < 4.78 is 5.54. The number of quaternary nitrogens is 1. The Balaban J connectivity index is 1.57. The van der Waals surface area contributed by atoms with E-state index >= 15 is 0 Å². The maximum Gasteiger partial charge on any atom is 0.357 e. The maximum atomic E-state index is 13.8. The zero-order valence-corrected chi connectivity index (χ0v) is 24.0. The fourth-order valence-electron chi connectivity index (χ4n) is 5.23. The number of carbonyl (C=O) groups excluding carboxylic acids is 3. The number of nitrogens with zero attached hydrogens (tertiary/aromatic N) is 3. The number of rotatable bonds is 9. The Kier molecular flexibility index (Phi) is 9.58. The van der Waals surface area contributed by atoms with E-state index in [0.717, 1.165) is 35.4 Å². The lowest BCUT2D eigenvalue weighted by Gasteiger charge is -2.44. The van der Waals surface area contributed by atoms with Gasteiger partial charge in [-0.05, 0) is 56.0 Å². The van der Waals surface area contributed by atoms with Gasteiger partial charge in [0.1, 0.15) is 24.6 Å². The molecule has 0 aliphatic carbocycles. The molecule has 3 aromatic rings. The Bertz CT molecular complexity index is 1380. The molecule has 1 unspecified atom stereocenters. The molecule has 5 N–H and O–H groups in total. The van der Waals surface area contributed by atoms with Gasteiger partial charge in [0.25, 0.3) is 0 Å². The Morgan fingerprint density at radius 1 is 1.17 bits per heavy atom. The van der Waals surface area contributed by atoms with Crippen molar-refractivity contribution in [2.45, 2.75) is 44.8 Å². The number of amides is 3. The predicted molar refractivity (Wildman–Crippen MR) is 154 cm³/mol. The molecule has 1 aliphatic rings. The molecule has 2 heterocycles. The van der Waals surface area contributed by atoms with Crippen LogP contribution in [0.25, 0.3) is 0 Å². The third-order valence-electron chi connectivity index (χ3n) is 7.09. The Morgan fingerprint density at radius 2 is 1.93 bits per heavy atom. The minimum atomic E-state index is -1.01. The number of thiazole rings is 1. The van der Waals surface area contributed by atoms with Crippen LogP contribution < -0.4 is 11.1 Å². The van der Waals surface area contributed by atoms with Gasteiger partial charge in [-0.3, -0.25) is 15.0 Å². The summed E-state index contributed by atoms with van der Waals surface area (Å²) in [5, 5.41) is 23.9. The molecule has 12 heteroatoms. The van der Waals surface area contributed by atoms with Crippen molar-refractivity contribution in [3.63, 3.8) is 0 Å². The van der Waals surface area contributed by atoms with Gasteiger partial charge in [0, 0.05) is 10.9 Å². The molecule has 0 radical (unpaired) electrons. The van der Waals surface area contributed by atoms with Crippen LogP contribution in [-0.2, 0) is 22.5 Å². The number of phenols is 2. The molecule has 4 rings (SSSR count). The van der Waals surface area contributed by atoms with Gasteiger partial charge in [-0.25, -0.2) is 14.6 Å². The number of anilines is 1. The van der Waals surface area contributed by atoms with Gasteiger partial charge in [-0.15, -0.1) is 11.3 Å². The van der Waals surface area contributed by atoms with E-state index in [1.165, 1.54) is 22.4 Å². The number of likely N-dealkylation sites (N-methyl/N-ethyl adjacent to an activating group) is 1. The SMILES string of the molecule is CCOC(=O)c1csc(NC(=O)N(C(=O)[C@@H](N)Cc2ccc(O)cc2)[C@H]2CCC[N+](C)(Cc3cccc(O)c3)C2)n1. The highest BCUT2D eigenvalue weighted by Gasteiger charge is 2.41. The number of hydrogen-bond acceptors (Lipinski definition) is 9. The molecule has 41 heavy (non-hydrogen) atoms. The minimum absolute atomic E-state index is 0.0714. The highest BCUT2D eigenvalue weighted by molar-refractivity contribution is 7.14. The molecule has 1 fully saturated rings. The molecule has 1 aliphatic heterocycles. The summed E-state index contributed by atoms with van der Waals surface area (Å²) in [7, 11) is 2.07. The lowest BCUT2D eigenvalue weighted by molar-refractivity contribution is -0.928. The van der Waals surface area contributed by atoms with E-state index in [1.807, 2.05) is 6.07 Å². The van der Waals surface area contributed by atoms with Crippen molar-refractivity contribution >= 4 is 34.4 Å². The van der Waals surface area contributed by atoms with E-state index in [9.17, 15) is 24.6 Å². The number of nitrogens with one attached hydrogen (secondary N) is 1. The van der Waals surface area contributed by atoms with Crippen molar-refractivity contribution in [1.29, 1.82) is 0 Å². The van der Waals surface area contributed by atoms with Crippen LogP contribution in [0.2, 0.25) is 0 Å². The molecule has 3 amide bonds. The van der Waals surface area contributed by atoms with Crippen molar-refractivity contribution in [2.24, 2.45) is 5.73 Å². The maximum absolute atomic E-state index is 13.8. The Labute approximate surface area is 242 Å². The van der Waals surface area contributed by atoms with Crippen LogP contribution in [-0.4, -0.2) is 81.3 Å². The van der Waals surface area contributed by atoms with E-state index in [2.05, 4.69) is 17.3 Å². The normalized spacial score (nSPS) is 19.2. The lowest BCUT2D eigenvalue weighted by atomic mass is 9.98. The van der Waals surface area contributed by atoms with Gasteiger partial charge in [-0.1, -0.05) is 24.3 Å². The fourth-order valence-corrected chi connectivity index (χ4v) is 5.90. The van der Waals surface area contributed by atoms with Crippen LogP contribution in [0.1, 0.15) is 41.4 Å². The van der Waals surface area contributed by atoms with Crippen molar-refractivity contribution < 1.29 is 33.8 Å². The summed E-state index contributed by atoms with van der Waals surface area (Å²) in [6, 6.07) is 11.4. The van der Waals surface area contributed by atoms with Crippen LogP contribution in [0.4, 0.5) is 9.93 Å². The van der Waals surface area contributed by atoms with E-state index in [4.69, 9.17) is 10.5 Å². The number of benzene rings is 2.